The summed E-state index contributed by atoms with van der Waals surface area (Å²) in [5.74, 6) is -0.734. The van der Waals surface area contributed by atoms with E-state index in [2.05, 4.69) is 46.9 Å². The normalized spacial score (nSPS) is 20.5. The predicted molar refractivity (Wildman–Crippen MR) is 86.9 cm³/mol. The van der Waals surface area contributed by atoms with Gasteiger partial charge in [-0.05, 0) is 37.1 Å². The minimum Gasteiger partial charge on any atom is -0.480 e. The van der Waals surface area contributed by atoms with Crippen molar-refractivity contribution in [1.82, 2.24) is 14.4 Å². The van der Waals surface area contributed by atoms with Crippen LogP contribution in [0.15, 0.2) is 30.5 Å². The van der Waals surface area contributed by atoms with Crippen molar-refractivity contribution >= 4 is 16.9 Å². The van der Waals surface area contributed by atoms with E-state index in [1.165, 1.54) is 16.5 Å². The Morgan fingerprint density at radius 2 is 2.14 bits per heavy atom. The van der Waals surface area contributed by atoms with Gasteiger partial charge >= 0.3 is 5.97 Å². The van der Waals surface area contributed by atoms with Crippen LogP contribution in [0.2, 0.25) is 0 Å². The van der Waals surface area contributed by atoms with Gasteiger partial charge < -0.3 is 9.67 Å². The maximum Gasteiger partial charge on any atom is 0.322 e. The number of rotatable bonds is 4. The van der Waals surface area contributed by atoms with E-state index in [0.717, 1.165) is 26.2 Å². The van der Waals surface area contributed by atoms with Gasteiger partial charge in [-0.25, -0.2) is 0 Å². The zero-order valence-electron chi connectivity index (χ0n) is 13.2. The third-order valence-electron chi connectivity index (χ3n) is 4.60. The van der Waals surface area contributed by atoms with Crippen LogP contribution in [0.25, 0.3) is 10.9 Å². The molecule has 22 heavy (non-hydrogen) atoms. The van der Waals surface area contributed by atoms with Gasteiger partial charge in [0.05, 0.1) is 0 Å². The van der Waals surface area contributed by atoms with Crippen molar-refractivity contribution in [3.8, 4) is 0 Å². The highest BCUT2D eigenvalue weighted by Gasteiger charge is 2.29. The number of aryl methyl sites for hydroxylation is 1. The van der Waals surface area contributed by atoms with Crippen LogP contribution in [0.5, 0.6) is 0 Å². The van der Waals surface area contributed by atoms with Crippen LogP contribution in [0.1, 0.15) is 12.5 Å². The number of likely N-dealkylation sites (N-methyl/N-ethyl adjacent to an activating group) is 1. The number of fused-ring (bicyclic) bond motifs is 1. The van der Waals surface area contributed by atoms with Gasteiger partial charge in [-0.2, -0.15) is 0 Å². The van der Waals surface area contributed by atoms with Crippen LogP contribution >= 0.6 is 0 Å². The summed E-state index contributed by atoms with van der Waals surface area (Å²) in [5.41, 5.74) is 2.50. The lowest BCUT2D eigenvalue weighted by Crippen LogP contribution is -2.54. The van der Waals surface area contributed by atoms with Crippen molar-refractivity contribution < 1.29 is 9.90 Å². The summed E-state index contributed by atoms with van der Waals surface area (Å²) in [7, 11) is 1.89. The quantitative estimate of drug-likeness (QED) is 0.936. The van der Waals surface area contributed by atoms with Gasteiger partial charge in [0.25, 0.3) is 0 Å². The molecular formula is C17H23N3O2. The van der Waals surface area contributed by atoms with E-state index < -0.39 is 12.0 Å². The van der Waals surface area contributed by atoms with Crippen LogP contribution in [-0.2, 0) is 17.9 Å². The average molecular weight is 301 g/mol. The molecule has 0 amide bonds. The second-order valence-electron chi connectivity index (χ2n) is 6.06. The fourth-order valence-electron chi connectivity index (χ4n) is 3.20. The summed E-state index contributed by atoms with van der Waals surface area (Å²) in [5, 5.41) is 10.6. The second kappa shape index (κ2) is 6.10. The molecule has 1 aliphatic heterocycles. The molecule has 3 rings (SSSR count). The van der Waals surface area contributed by atoms with Gasteiger partial charge in [0, 0.05) is 44.4 Å². The molecule has 0 spiro atoms. The third kappa shape index (κ3) is 2.87. The van der Waals surface area contributed by atoms with Crippen molar-refractivity contribution in [2.24, 2.45) is 0 Å². The molecule has 1 atom stereocenters. The molecule has 1 aromatic carbocycles. The van der Waals surface area contributed by atoms with E-state index in [9.17, 15) is 9.90 Å². The molecule has 0 aliphatic carbocycles. The number of aromatic nitrogens is 1. The fourth-order valence-corrected chi connectivity index (χ4v) is 3.20. The predicted octanol–water partition coefficient (Wildman–Crippen LogP) is 1.86. The van der Waals surface area contributed by atoms with Crippen LogP contribution in [0.4, 0.5) is 0 Å². The van der Waals surface area contributed by atoms with Gasteiger partial charge in [-0.15, -0.1) is 0 Å². The Balaban J connectivity index is 1.76. The minimum absolute atomic E-state index is 0.406. The van der Waals surface area contributed by atoms with Crippen molar-refractivity contribution in [3.05, 3.63) is 36.0 Å². The topological polar surface area (TPSA) is 48.7 Å². The number of benzene rings is 1. The van der Waals surface area contributed by atoms with Gasteiger partial charge in [0.15, 0.2) is 0 Å². The summed E-state index contributed by atoms with van der Waals surface area (Å²) in [6.45, 7) is 6.20. The molecule has 1 aliphatic rings. The molecule has 118 valence electrons. The standard InChI is InChI=1S/C17H23N3O2/c1-3-20-7-6-14-5-4-13(10-15(14)20)11-19-9-8-18(2)16(12-19)17(21)22/h4-7,10,16H,3,8-9,11-12H2,1-2H3,(H,21,22). The van der Waals surface area contributed by atoms with Crippen molar-refractivity contribution in [2.75, 3.05) is 26.7 Å². The molecular weight excluding hydrogens is 278 g/mol. The first kappa shape index (κ1) is 15.1. The molecule has 1 unspecified atom stereocenters. The molecule has 2 aromatic rings. The Morgan fingerprint density at radius 1 is 1.32 bits per heavy atom. The van der Waals surface area contributed by atoms with Crippen LogP contribution in [0.3, 0.4) is 0 Å². The third-order valence-corrected chi connectivity index (χ3v) is 4.60. The zero-order chi connectivity index (χ0) is 15.7. The lowest BCUT2D eigenvalue weighted by molar-refractivity contribution is -0.145. The number of piperazine rings is 1. The molecule has 1 aromatic heterocycles. The maximum atomic E-state index is 11.3. The maximum absolute atomic E-state index is 11.3. The molecule has 0 saturated carbocycles. The second-order valence-corrected chi connectivity index (χ2v) is 6.06. The lowest BCUT2D eigenvalue weighted by atomic mass is 10.1. The van der Waals surface area contributed by atoms with Crippen LogP contribution in [0, 0.1) is 0 Å². The van der Waals surface area contributed by atoms with E-state index in [0.29, 0.717) is 6.54 Å². The lowest BCUT2D eigenvalue weighted by Gasteiger charge is -2.37. The van der Waals surface area contributed by atoms with Crippen LogP contribution < -0.4 is 0 Å². The zero-order valence-corrected chi connectivity index (χ0v) is 13.2. The first-order chi connectivity index (χ1) is 10.6. The van der Waals surface area contributed by atoms with Gasteiger partial charge in [0.2, 0.25) is 0 Å². The summed E-state index contributed by atoms with van der Waals surface area (Å²) in [6.07, 6.45) is 2.12. The van der Waals surface area contributed by atoms with Crippen LogP contribution in [-0.4, -0.2) is 58.2 Å². The summed E-state index contributed by atoms with van der Waals surface area (Å²) < 4.78 is 2.24. The van der Waals surface area contributed by atoms with E-state index >= 15 is 0 Å². The number of carbonyl (C=O) groups is 1. The van der Waals surface area contributed by atoms with Crippen molar-refractivity contribution in [2.45, 2.75) is 26.1 Å². The number of carboxylic acids is 1. The molecule has 1 N–H and O–H groups in total. The number of hydrogen-bond acceptors (Lipinski definition) is 3. The minimum atomic E-state index is -0.734. The van der Waals surface area contributed by atoms with Crippen molar-refractivity contribution in [3.63, 3.8) is 0 Å². The van der Waals surface area contributed by atoms with E-state index in [-0.39, 0.29) is 0 Å². The molecule has 5 heteroatoms. The number of hydrogen-bond donors (Lipinski definition) is 1. The Hall–Kier alpha value is -1.85. The van der Waals surface area contributed by atoms with Crippen molar-refractivity contribution in [1.29, 1.82) is 0 Å². The highest BCUT2D eigenvalue weighted by atomic mass is 16.4. The Kier molecular flexibility index (Phi) is 4.18. The molecule has 5 nitrogen and oxygen atoms in total. The average Bonchev–Trinajstić information content (AvgIpc) is 2.91. The number of aliphatic carboxylic acids is 1. The SMILES string of the molecule is CCn1ccc2ccc(CN3CCN(C)C(C(=O)O)C3)cc21. The first-order valence-electron chi connectivity index (χ1n) is 7.81. The summed E-state index contributed by atoms with van der Waals surface area (Å²) in [6, 6.07) is 8.26. The highest BCUT2D eigenvalue weighted by molar-refractivity contribution is 5.80. The van der Waals surface area contributed by atoms with Gasteiger partial charge in [-0.1, -0.05) is 12.1 Å². The highest BCUT2D eigenvalue weighted by Crippen LogP contribution is 2.20. The molecule has 2 heterocycles. The molecule has 1 saturated heterocycles. The van der Waals surface area contributed by atoms with Gasteiger partial charge in [-0.3, -0.25) is 14.6 Å². The first-order valence-corrected chi connectivity index (χ1v) is 7.81. The Labute approximate surface area is 130 Å². The summed E-state index contributed by atoms with van der Waals surface area (Å²) in [4.78, 5) is 15.5. The fraction of sp³-hybridized carbons (Fsp3) is 0.471. The Morgan fingerprint density at radius 3 is 2.86 bits per heavy atom. The molecule has 1 fully saturated rings. The molecule has 0 radical (unpaired) electrons. The number of nitrogens with zero attached hydrogens (tertiary/aromatic N) is 3. The largest absolute Gasteiger partial charge is 0.480 e. The van der Waals surface area contributed by atoms with Gasteiger partial charge in [0.1, 0.15) is 6.04 Å². The smallest absolute Gasteiger partial charge is 0.322 e. The molecule has 0 bridgehead atoms. The Bertz CT molecular complexity index is 680. The summed E-state index contributed by atoms with van der Waals surface area (Å²) >= 11 is 0. The van der Waals surface area contributed by atoms with E-state index in [1.807, 2.05) is 11.9 Å². The monoisotopic (exact) mass is 301 g/mol. The van der Waals surface area contributed by atoms with E-state index in [1.54, 1.807) is 0 Å². The van der Waals surface area contributed by atoms with E-state index in [4.69, 9.17) is 0 Å². The number of carboxylic acid groups (broad SMARTS) is 1.